The first kappa shape index (κ1) is 14.1. The van der Waals surface area contributed by atoms with Crippen molar-refractivity contribution in [1.82, 2.24) is 0 Å². The fourth-order valence-corrected chi connectivity index (χ4v) is 1.58. The Bertz CT molecular complexity index is 418. The summed E-state index contributed by atoms with van der Waals surface area (Å²) in [5.74, 6) is 0. The van der Waals surface area contributed by atoms with Gasteiger partial charge in [-0.3, -0.25) is 4.18 Å². The van der Waals surface area contributed by atoms with Gasteiger partial charge in [-0.05, 0) is 5.56 Å². The summed E-state index contributed by atoms with van der Waals surface area (Å²) in [6.45, 7) is 0.644. The molecule has 0 aliphatic carbocycles. The standard InChI is InChI=1S/C11H17NO4S/c1-17(13,14)16-9-11(12)8-15-7-10-5-3-2-4-6-10/h2-6,11H,7-9,12H2,1H3/t11-/m0/s1. The van der Waals surface area contributed by atoms with Gasteiger partial charge in [0.1, 0.15) is 0 Å². The second-order valence-corrected chi connectivity index (χ2v) is 5.39. The van der Waals surface area contributed by atoms with Crippen molar-refractivity contribution in [2.75, 3.05) is 19.5 Å². The number of rotatable bonds is 7. The first-order valence-electron chi connectivity index (χ1n) is 5.19. The third-order valence-corrected chi connectivity index (χ3v) is 2.50. The molecule has 0 aliphatic rings. The predicted octanol–water partition coefficient (Wildman–Crippen LogP) is 0.507. The fraction of sp³-hybridized carbons (Fsp3) is 0.455. The molecule has 0 spiro atoms. The van der Waals surface area contributed by atoms with Crippen LogP contribution in [0.1, 0.15) is 5.56 Å². The maximum atomic E-state index is 10.7. The summed E-state index contributed by atoms with van der Waals surface area (Å²) in [6, 6.07) is 9.21. The van der Waals surface area contributed by atoms with Crippen LogP contribution in [0.5, 0.6) is 0 Å². The minimum atomic E-state index is -3.43. The lowest BCUT2D eigenvalue weighted by Crippen LogP contribution is -2.32. The molecule has 0 aliphatic heterocycles. The van der Waals surface area contributed by atoms with Crippen LogP contribution in [0.2, 0.25) is 0 Å². The molecular weight excluding hydrogens is 242 g/mol. The molecule has 1 aromatic carbocycles. The maximum Gasteiger partial charge on any atom is 0.264 e. The van der Waals surface area contributed by atoms with E-state index in [2.05, 4.69) is 4.18 Å². The molecule has 1 atom stereocenters. The van der Waals surface area contributed by atoms with Crippen LogP contribution < -0.4 is 5.73 Å². The van der Waals surface area contributed by atoms with E-state index >= 15 is 0 Å². The van der Waals surface area contributed by atoms with Crippen molar-refractivity contribution in [2.45, 2.75) is 12.6 Å². The Hall–Kier alpha value is -0.950. The van der Waals surface area contributed by atoms with Gasteiger partial charge in [0.2, 0.25) is 0 Å². The molecule has 0 saturated heterocycles. The molecule has 2 N–H and O–H groups in total. The molecular formula is C11H17NO4S. The van der Waals surface area contributed by atoms with Crippen LogP contribution >= 0.6 is 0 Å². The van der Waals surface area contributed by atoms with Crippen LogP contribution in [0.3, 0.4) is 0 Å². The molecule has 0 heterocycles. The van der Waals surface area contributed by atoms with Crippen molar-refractivity contribution >= 4 is 10.1 Å². The Balaban J connectivity index is 2.18. The van der Waals surface area contributed by atoms with Crippen LogP contribution in [-0.2, 0) is 25.6 Å². The largest absolute Gasteiger partial charge is 0.375 e. The molecule has 0 amide bonds. The molecule has 5 nitrogen and oxygen atoms in total. The zero-order valence-corrected chi connectivity index (χ0v) is 10.5. The molecule has 17 heavy (non-hydrogen) atoms. The van der Waals surface area contributed by atoms with E-state index in [9.17, 15) is 8.42 Å². The van der Waals surface area contributed by atoms with E-state index in [0.29, 0.717) is 6.61 Å². The predicted molar refractivity (Wildman–Crippen MR) is 64.9 cm³/mol. The van der Waals surface area contributed by atoms with E-state index < -0.39 is 16.2 Å². The molecule has 0 bridgehead atoms. The Labute approximate surface area is 102 Å². The molecule has 96 valence electrons. The second-order valence-electron chi connectivity index (χ2n) is 3.75. The lowest BCUT2D eigenvalue weighted by atomic mass is 10.2. The van der Waals surface area contributed by atoms with Gasteiger partial charge in [0, 0.05) is 0 Å². The summed E-state index contributed by atoms with van der Waals surface area (Å²) in [7, 11) is -3.43. The Morgan fingerprint density at radius 1 is 1.24 bits per heavy atom. The van der Waals surface area contributed by atoms with Crippen molar-refractivity contribution in [3.8, 4) is 0 Å². The first-order valence-corrected chi connectivity index (χ1v) is 7.00. The summed E-state index contributed by atoms with van der Waals surface area (Å²) in [6.07, 6.45) is 0.991. The zero-order valence-electron chi connectivity index (χ0n) is 9.70. The second kappa shape index (κ2) is 6.70. The monoisotopic (exact) mass is 259 g/mol. The highest BCUT2D eigenvalue weighted by Gasteiger charge is 2.08. The van der Waals surface area contributed by atoms with Gasteiger partial charge in [-0.1, -0.05) is 30.3 Å². The van der Waals surface area contributed by atoms with E-state index in [1.54, 1.807) is 0 Å². The van der Waals surface area contributed by atoms with E-state index in [4.69, 9.17) is 10.5 Å². The third-order valence-electron chi connectivity index (χ3n) is 1.94. The number of benzene rings is 1. The highest BCUT2D eigenvalue weighted by atomic mass is 32.2. The molecule has 1 rings (SSSR count). The molecule has 0 aromatic heterocycles. The number of hydrogen-bond acceptors (Lipinski definition) is 5. The normalized spacial score (nSPS) is 13.5. The van der Waals surface area contributed by atoms with Gasteiger partial charge in [-0.25, -0.2) is 0 Å². The molecule has 0 unspecified atom stereocenters. The average Bonchev–Trinajstić information content (AvgIpc) is 2.27. The van der Waals surface area contributed by atoms with Gasteiger partial charge in [0.25, 0.3) is 10.1 Å². The summed E-state index contributed by atoms with van der Waals surface area (Å²) >= 11 is 0. The van der Waals surface area contributed by atoms with Crippen molar-refractivity contribution in [1.29, 1.82) is 0 Å². The first-order chi connectivity index (χ1) is 7.97. The van der Waals surface area contributed by atoms with Crippen molar-refractivity contribution in [2.24, 2.45) is 5.73 Å². The number of ether oxygens (including phenoxy) is 1. The van der Waals surface area contributed by atoms with E-state index in [1.807, 2.05) is 30.3 Å². The Kier molecular flexibility index (Phi) is 5.57. The van der Waals surface area contributed by atoms with E-state index in [-0.39, 0.29) is 13.2 Å². The lowest BCUT2D eigenvalue weighted by molar-refractivity contribution is 0.0946. The van der Waals surface area contributed by atoms with Gasteiger partial charge in [-0.2, -0.15) is 8.42 Å². The summed E-state index contributed by atoms with van der Waals surface area (Å²) in [4.78, 5) is 0. The van der Waals surface area contributed by atoms with Crippen molar-refractivity contribution in [3.05, 3.63) is 35.9 Å². The SMILES string of the molecule is CS(=O)(=O)OC[C@@H](N)COCc1ccccc1. The quantitative estimate of drug-likeness (QED) is 0.722. The third kappa shape index (κ3) is 7.06. The van der Waals surface area contributed by atoms with Crippen molar-refractivity contribution in [3.63, 3.8) is 0 Å². The average molecular weight is 259 g/mol. The minimum Gasteiger partial charge on any atom is -0.375 e. The smallest absolute Gasteiger partial charge is 0.264 e. The maximum absolute atomic E-state index is 10.7. The number of nitrogens with two attached hydrogens (primary N) is 1. The molecule has 0 fully saturated rings. The molecule has 6 heteroatoms. The van der Waals surface area contributed by atoms with Crippen LogP contribution in [0, 0.1) is 0 Å². The topological polar surface area (TPSA) is 78.6 Å². The Morgan fingerprint density at radius 3 is 2.47 bits per heavy atom. The summed E-state index contributed by atoms with van der Waals surface area (Å²) in [5, 5.41) is 0. The van der Waals surface area contributed by atoms with E-state index in [1.165, 1.54) is 0 Å². The summed E-state index contributed by atoms with van der Waals surface area (Å²) in [5.41, 5.74) is 6.68. The molecule has 1 aromatic rings. The zero-order chi connectivity index (χ0) is 12.7. The highest BCUT2D eigenvalue weighted by Crippen LogP contribution is 2.01. The van der Waals surface area contributed by atoms with Crippen LogP contribution in [0.15, 0.2) is 30.3 Å². The summed E-state index contributed by atoms with van der Waals surface area (Å²) < 4.78 is 31.3. The molecule has 0 radical (unpaired) electrons. The fourth-order valence-electron chi connectivity index (χ4n) is 1.16. The Morgan fingerprint density at radius 2 is 1.88 bits per heavy atom. The van der Waals surface area contributed by atoms with Crippen molar-refractivity contribution < 1.29 is 17.3 Å². The number of hydrogen-bond donors (Lipinski definition) is 1. The van der Waals surface area contributed by atoms with Crippen LogP contribution in [0.25, 0.3) is 0 Å². The van der Waals surface area contributed by atoms with E-state index in [0.717, 1.165) is 11.8 Å². The van der Waals surface area contributed by atoms with Gasteiger partial charge < -0.3 is 10.5 Å². The van der Waals surface area contributed by atoms with Crippen LogP contribution in [-0.4, -0.2) is 33.9 Å². The van der Waals surface area contributed by atoms with Gasteiger partial charge in [0.15, 0.2) is 0 Å². The van der Waals surface area contributed by atoms with Gasteiger partial charge in [0.05, 0.1) is 32.1 Å². The molecule has 0 saturated carbocycles. The van der Waals surface area contributed by atoms with Gasteiger partial charge in [-0.15, -0.1) is 0 Å². The highest BCUT2D eigenvalue weighted by molar-refractivity contribution is 7.85. The van der Waals surface area contributed by atoms with Gasteiger partial charge >= 0.3 is 0 Å². The van der Waals surface area contributed by atoms with Crippen LogP contribution in [0.4, 0.5) is 0 Å². The lowest BCUT2D eigenvalue weighted by Gasteiger charge is -2.11. The minimum absolute atomic E-state index is 0.0619.